The molecule has 1 rings (SSSR count). The Labute approximate surface area is 94.0 Å². The lowest BCUT2D eigenvalue weighted by atomic mass is 10.1. The number of hydrogen-bond donors (Lipinski definition) is 1. The van der Waals surface area contributed by atoms with Gasteiger partial charge in [0.25, 0.3) is 0 Å². The summed E-state index contributed by atoms with van der Waals surface area (Å²) in [4.78, 5) is 13.4. The van der Waals surface area contributed by atoms with Gasteiger partial charge in [0.2, 0.25) is 0 Å². The van der Waals surface area contributed by atoms with Gasteiger partial charge in [0.15, 0.2) is 6.61 Å². The molecule has 0 fully saturated rings. The molecule has 0 unspecified atom stereocenters. The molecule has 0 aliphatic carbocycles. The van der Waals surface area contributed by atoms with Crippen LogP contribution in [-0.2, 0) is 4.74 Å². The molecule has 0 aromatic heterocycles. The molecule has 16 heavy (non-hydrogen) atoms. The van der Waals surface area contributed by atoms with Crippen LogP contribution < -0.4 is 10.6 Å². The Hall–Kier alpha value is -2.22. The fourth-order valence-electron chi connectivity index (χ4n) is 1.28. The van der Waals surface area contributed by atoms with E-state index in [0.29, 0.717) is 16.9 Å². The highest BCUT2D eigenvalue weighted by Crippen LogP contribution is 2.22. The summed E-state index contributed by atoms with van der Waals surface area (Å²) in [7, 11) is 3.62. The molecule has 0 radical (unpaired) electrons. The number of nitrogen functional groups attached to an aromatic ring is 1. The van der Waals surface area contributed by atoms with Crippen LogP contribution in [0.3, 0.4) is 0 Å². The number of nitriles is 1. The number of nitrogens with two attached hydrogens (primary N) is 1. The van der Waals surface area contributed by atoms with Crippen molar-refractivity contribution >= 4 is 17.3 Å². The van der Waals surface area contributed by atoms with Gasteiger partial charge in [-0.05, 0) is 18.2 Å². The Bertz CT molecular complexity index is 435. The molecule has 0 aliphatic heterocycles. The zero-order valence-electron chi connectivity index (χ0n) is 9.23. The molecule has 0 spiro atoms. The van der Waals surface area contributed by atoms with Gasteiger partial charge in [0, 0.05) is 19.8 Å². The van der Waals surface area contributed by atoms with E-state index in [1.807, 2.05) is 14.1 Å². The summed E-state index contributed by atoms with van der Waals surface area (Å²) in [6, 6.07) is 6.72. The first kappa shape index (κ1) is 11.9. The van der Waals surface area contributed by atoms with E-state index < -0.39 is 5.97 Å². The van der Waals surface area contributed by atoms with Crippen molar-refractivity contribution in [3.63, 3.8) is 0 Å². The maximum Gasteiger partial charge on any atom is 0.341 e. The molecular weight excluding hydrogens is 206 g/mol. The van der Waals surface area contributed by atoms with Crippen molar-refractivity contribution in [1.29, 1.82) is 5.26 Å². The number of carbonyl (C=O) groups is 1. The fourth-order valence-corrected chi connectivity index (χ4v) is 1.28. The van der Waals surface area contributed by atoms with Crippen LogP contribution in [0.2, 0.25) is 0 Å². The molecule has 1 aromatic carbocycles. The number of benzene rings is 1. The molecular formula is C11H13N3O2. The molecule has 1 aromatic rings. The summed E-state index contributed by atoms with van der Waals surface area (Å²) >= 11 is 0. The Morgan fingerprint density at radius 2 is 2.25 bits per heavy atom. The minimum absolute atomic E-state index is 0.263. The average molecular weight is 219 g/mol. The Kier molecular flexibility index (Phi) is 3.72. The first-order valence-electron chi connectivity index (χ1n) is 4.67. The Balaban J connectivity index is 3.05. The highest BCUT2D eigenvalue weighted by Gasteiger charge is 2.14. The van der Waals surface area contributed by atoms with Gasteiger partial charge in [0.1, 0.15) is 6.07 Å². The molecule has 0 aliphatic rings. The highest BCUT2D eigenvalue weighted by molar-refractivity contribution is 5.97. The number of esters is 1. The number of nitrogens with zero attached hydrogens (tertiary/aromatic N) is 2. The standard InChI is InChI=1S/C11H13N3O2/c1-14(2)10-4-3-8(13)7-9(10)11(15)16-6-5-12/h3-4,7H,6,13H2,1-2H3. The van der Waals surface area contributed by atoms with Crippen LogP contribution in [-0.4, -0.2) is 26.7 Å². The minimum Gasteiger partial charge on any atom is -0.447 e. The van der Waals surface area contributed by atoms with E-state index in [-0.39, 0.29) is 6.61 Å². The van der Waals surface area contributed by atoms with Gasteiger partial charge in [-0.3, -0.25) is 0 Å². The SMILES string of the molecule is CN(C)c1ccc(N)cc1C(=O)OCC#N. The summed E-state index contributed by atoms with van der Waals surface area (Å²) in [5.74, 6) is -0.544. The van der Waals surface area contributed by atoms with Crippen molar-refractivity contribution in [3.8, 4) is 6.07 Å². The monoisotopic (exact) mass is 219 g/mol. The van der Waals surface area contributed by atoms with Crippen LogP contribution in [0.25, 0.3) is 0 Å². The number of anilines is 2. The lowest BCUT2D eigenvalue weighted by molar-refractivity contribution is 0.0556. The van der Waals surface area contributed by atoms with Gasteiger partial charge in [-0.25, -0.2) is 4.79 Å². The Morgan fingerprint density at radius 1 is 1.56 bits per heavy atom. The summed E-state index contributed by atoms with van der Waals surface area (Å²) in [6.07, 6.45) is 0. The van der Waals surface area contributed by atoms with Gasteiger partial charge in [-0.2, -0.15) is 5.26 Å². The van der Waals surface area contributed by atoms with Gasteiger partial charge in [-0.15, -0.1) is 0 Å². The predicted molar refractivity (Wildman–Crippen MR) is 61.1 cm³/mol. The smallest absolute Gasteiger partial charge is 0.341 e. The number of ether oxygens (including phenoxy) is 1. The van der Waals surface area contributed by atoms with Crippen molar-refractivity contribution in [2.75, 3.05) is 31.3 Å². The quantitative estimate of drug-likeness (QED) is 0.606. The zero-order valence-corrected chi connectivity index (χ0v) is 9.23. The van der Waals surface area contributed by atoms with E-state index in [4.69, 9.17) is 15.7 Å². The summed E-state index contributed by atoms with van der Waals surface area (Å²) in [5, 5.41) is 8.33. The summed E-state index contributed by atoms with van der Waals surface area (Å²) in [5.41, 5.74) is 7.15. The van der Waals surface area contributed by atoms with Gasteiger partial charge in [-0.1, -0.05) is 0 Å². The largest absolute Gasteiger partial charge is 0.447 e. The number of hydrogen-bond acceptors (Lipinski definition) is 5. The second-order valence-corrected chi connectivity index (χ2v) is 3.41. The summed E-state index contributed by atoms with van der Waals surface area (Å²) < 4.78 is 4.74. The molecule has 2 N–H and O–H groups in total. The van der Waals surface area contributed by atoms with Crippen LogP contribution in [0.1, 0.15) is 10.4 Å². The minimum atomic E-state index is -0.544. The molecule has 0 saturated carbocycles. The average Bonchev–Trinajstić information content (AvgIpc) is 2.25. The molecule has 0 amide bonds. The number of carbonyl (C=O) groups excluding carboxylic acids is 1. The molecule has 5 nitrogen and oxygen atoms in total. The lowest BCUT2D eigenvalue weighted by Gasteiger charge is -2.16. The third-order valence-electron chi connectivity index (χ3n) is 1.99. The van der Waals surface area contributed by atoms with Gasteiger partial charge >= 0.3 is 5.97 Å². The second-order valence-electron chi connectivity index (χ2n) is 3.41. The molecule has 0 bridgehead atoms. The first-order valence-corrected chi connectivity index (χ1v) is 4.67. The van der Waals surface area contributed by atoms with Crippen molar-refractivity contribution in [2.24, 2.45) is 0 Å². The normalized spacial score (nSPS) is 9.31. The maximum atomic E-state index is 11.6. The second kappa shape index (κ2) is 5.03. The van der Waals surface area contributed by atoms with Gasteiger partial charge < -0.3 is 15.4 Å². The molecule has 84 valence electrons. The van der Waals surface area contributed by atoms with Crippen LogP contribution in [0.4, 0.5) is 11.4 Å². The predicted octanol–water partition coefficient (Wildman–Crippen LogP) is 1.02. The molecule has 5 heteroatoms. The van der Waals surface area contributed by atoms with Crippen LogP contribution in [0, 0.1) is 11.3 Å². The Morgan fingerprint density at radius 3 is 2.81 bits per heavy atom. The maximum absolute atomic E-state index is 11.6. The lowest BCUT2D eigenvalue weighted by Crippen LogP contribution is -2.16. The fraction of sp³-hybridized carbons (Fsp3) is 0.273. The van der Waals surface area contributed by atoms with Crippen molar-refractivity contribution < 1.29 is 9.53 Å². The van der Waals surface area contributed by atoms with Crippen LogP contribution in [0.15, 0.2) is 18.2 Å². The van der Waals surface area contributed by atoms with E-state index in [1.165, 1.54) is 6.07 Å². The van der Waals surface area contributed by atoms with E-state index in [9.17, 15) is 4.79 Å². The number of rotatable bonds is 3. The molecule has 0 heterocycles. The third-order valence-corrected chi connectivity index (χ3v) is 1.99. The molecule has 0 atom stereocenters. The zero-order chi connectivity index (χ0) is 12.1. The van der Waals surface area contributed by atoms with Gasteiger partial charge in [0.05, 0.1) is 11.3 Å². The molecule has 0 saturated heterocycles. The van der Waals surface area contributed by atoms with Crippen LogP contribution >= 0.6 is 0 Å². The van der Waals surface area contributed by atoms with E-state index in [2.05, 4.69) is 0 Å². The van der Waals surface area contributed by atoms with Crippen molar-refractivity contribution in [2.45, 2.75) is 0 Å². The highest BCUT2D eigenvalue weighted by atomic mass is 16.5. The summed E-state index contributed by atoms with van der Waals surface area (Å²) in [6.45, 7) is -0.263. The van der Waals surface area contributed by atoms with Crippen LogP contribution in [0.5, 0.6) is 0 Å². The van der Waals surface area contributed by atoms with Crippen molar-refractivity contribution in [1.82, 2.24) is 0 Å². The van der Waals surface area contributed by atoms with E-state index >= 15 is 0 Å². The van der Waals surface area contributed by atoms with E-state index in [0.717, 1.165) is 0 Å². The topological polar surface area (TPSA) is 79.3 Å². The van der Waals surface area contributed by atoms with E-state index in [1.54, 1.807) is 23.1 Å². The first-order chi connectivity index (χ1) is 7.56. The third kappa shape index (κ3) is 2.64. The van der Waals surface area contributed by atoms with Crippen molar-refractivity contribution in [3.05, 3.63) is 23.8 Å².